The van der Waals surface area contributed by atoms with E-state index in [1.807, 2.05) is 0 Å². The van der Waals surface area contributed by atoms with Crippen LogP contribution in [0.4, 0.5) is 0 Å². The average Bonchev–Trinajstić information content (AvgIpc) is 2.00. The van der Waals surface area contributed by atoms with Gasteiger partial charge in [-0.05, 0) is 6.92 Å². The molecule has 0 aromatic rings. The molecule has 12 heavy (non-hydrogen) atoms. The fraction of sp³-hybridized carbons (Fsp3) is 0.714. The number of carbonyl (C=O) groups excluding carboxylic acids is 1. The van der Waals surface area contributed by atoms with Crippen LogP contribution < -0.4 is 5.73 Å². The molecule has 0 saturated heterocycles. The molecule has 0 amide bonds. The molecule has 70 valence electrons. The molecule has 0 aromatic carbocycles. The van der Waals surface area contributed by atoms with E-state index >= 15 is 0 Å². The molecule has 0 aliphatic rings. The van der Waals surface area contributed by atoms with Crippen molar-refractivity contribution in [3.05, 3.63) is 0 Å². The molecular formula is C7H14NO4+. The zero-order valence-electron chi connectivity index (χ0n) is 7.08. The maximum Gasteiger partial charge on any atom is 0.362 e. The van der Waals surface area contributed by atoms with Crippen LogP contribution in [0.15, 0.2) is 0 Å². The number of carboxylic acids is 1. The van der Waals surface area contributed by atoms with Crippen molar-refractivity contribution in [1.82, 2.24) is 0 Å². The molecular weight excluding hydrogens is 162 g/mol. The van der Waals surface area contributed by atoms with Crippen molar-refractivity contribution in [2.75, 3.05) is 6.61 Å². The van der Waals surface area contributed by atoms with E-state index in [4.69, 9.17) is 5.11 Å². The Morgan fingerprint density at radius 2 is 2.17 bits per heavy atom. The van der Waals surface area contributed by atoms with Gasteiger partial charge in [-0.25, -0.2) is 4.79 Å². The SMILES string of the molecule is CCOC(=O)CCC([NH3+])C(=O)O. The van der Waals surface area contributed by atoms with Gasteiger partial charge in [-0.3, -0.25) is 4.79 Å². The Bertz CT molecular complexity index is 169. The summed E-state index contributed by atoms with van der Waals surface area (Å²) in [5, 5.41) is 8.41. The third-order valence-electron chi connectivity index (χ3n) is 1.35. The van der Waals surface area contributed by atoms with Gasteiger partial charge < -0.3 is 15.6 Å². The van der Waals surface area contributed by atoms with Gasteiger partial charge >= 0.3 is 11.9 Å². The Morgan fingerprint density at radius 1 is 1.58 bits per heavy atom. The molecule has 0 saturated carbocycles. The minimum atomic E-state index is -0.987. The van der Waals surface area contributed by atoms with Gasteiger partial charge in [-0.2, -0.15) is 0 Å². The minimum Gasteiger partial charge on any atom is -0.477 e. The van der Waals surface area contributed by atoms with Crippen molar-refractivity contribution in [3.63, 3.8) is 0 Å². The summed E-state index contributed by atoms with van der Waals surface area (Å²) in [6.07, 6.45) is 0.350. The lowest BCUT2D eigenvalue weighted by Gasteiger charge is -2.02. The van der Waals surface area contributed by atoms with Crippen molar-refractivity contribution in [1.29, 1.82) is 0 Å². The highest BCUT2D eigenvalue weighted by molar-refractivity contribution is 5.74. The number of hydrogen-bond donors (Lipinski definition) is 2. The van der Waals surface area contributed by atoms with E-state index in [1.54, 1.807) is 6.92 Å². The highest BCUT2D eigenvalue weighted by atomic mass is 16.5. The largest absolute Gasteiger partial charge is 0.477 e. The molecule has 4 N–H and O–H groups in total. The highest BCUT2D eigenvalue weighted by Crippen LogP contribution is 1.95. The van der Waals surface area contributed by atoms with E-state index in [1.165, 1.54) is 0 Å². The first kappa shape index (κ1) is 10.9. The molecule has 0 fully saturated rings. The third kappa shape index (κ3) is 4.68. The van der Waals surface area contributed by atoms with E-state index in [0.29, 0.717) is 6.61 Å². The van der Waals surface area contributed by atoms with Crippen molar-refractivity contribution < 1.29 is 25.2 Å². The second kappa shape index (κ2) is 5.54. The summed E-state index contributed by atoms with van der Waals surface area (Å²) >= 11 is 0. The van der Waals surface area contributed by atoms with Crippen LogP contribution in [0.3, 0.4) is 0 Å². The number of aliphatic carboxylic acids is 1. The average molecular weight is 176 g/mol. The summed E-state index contributed by atoms with van der Waals surface area (Å²) < 4.78 is 4.61. The number of carbonyl (C=O) groups is 2. The lowest BCUT2D eigenvalue weighted by molar-refractivity contribution is -0.408. The van der Waals surface area contributed by atoms with E-state index in [2.05, 4.69) is 10.5 Å². The number of quaternary nitrogens is 1. The monoisotopic (exact) mass is 176 g/mol. The minimum absolute atomic E-state index is 0.119. The molecule has 5 heteroatoms. The lowest BCUT2D eigenvalue weighted by atomic mass is 10.2. The zero-order valence-corrected chi connectivity index (χ0v) is 7.08. The first-order valence-corrected chi connectivity index (χ1v) is 3.79. The summed E-state index contributed by atoms with van der Waals surface area (Å²) in [6.45, 7) is 2.03. The van der Waals surface area contributed by atoms with E-state index in [-0.39, 0.29) is 18.8 Å². The van der Waals surface area contributed by atoms with Crippen LogP contribution in [-0.2, 0) is 14.3 Å². The first-order chi connectivity index (χ1) is 5.57. The molecule has 0 aliphatic heterocycles. The van der Waals surface area contributed by atoms with Crippen LogP contribution in [0.2, 0.25) is 0 Å². The Morgan fingerprint density at radius 3 is 2.58 bits per heavy atom. The van der Waals surface area contributed by atoms with Crippen LogP contribution in [0.5, 0.6) is 0 Å². The summed E-state index contributed by atoms with van der Waals surface area (Å²) in [4.78, 5) is 21.0. The second-order valence-corrected chi connectivity index (χ2v) is 2.38. The standard InChI is InChI=1S/C7H13NO4/c1-2-12-6(9)4-3-5(8)7(10)11/h5H,2-4,8H2,1H3,(H,10,11)/p+1. The summed E-state index contributed by atoms with van der Waals surface area (Å²) in [5.41, 5.74) is 3.36. The lowest BCUT2D eigenvalue weighted by Crippen LogP contribution is -2.64. The highest BCUT2D eigenvalue weighted by Gasteiger charge is 2.17. The molecule has 0 radical (unpaired) electrons. The smallest absolute Gasteiger partial charge is 0.362 e. The van der Waals surface area contributed by atoms with E-state index in [9.17, 15) is 9.59 Å². The van der Waals surface area contributed by atoms with Gasteiger partial charge in [-0.15, -0.1) is 0 Å². The number of rotatable bonds is 5. The van der Waals surface area contributed by atoms with E-state index < -0.39 is 12.0 Å². The maximum absolute atomic E-state index is 10.7. The van der Waals surface area contributed by atoms with Crippen LogP contribution in [0.1, 0.15) is 19.8 Å². The molecule has 0 spiro atoms. The summed E-state index contributed by atoms with van der Waals surface area (Å²) in [5.74, 6) is -1.35. The predicted molar refractivity (Wildman–Crippen MR) is 40.2 cm³/mol. The van der Waals surface area contributed by atoms with Gasteiger partial charge in [-0.1, -0.05) is 0 Å². The van der Waals surface area contributed by atoms with Gasteiger partial charge in [0, 0.05) is 6.42 Å². The zero-order chi connectivity index (χ0) is 9.56. The Kier molecular flexibility index (Phi) is 5.03. The number of ether oxygens (including phenoxy) is 1. The molecule has 0 rings (SSSR count). The van der Waals surface area contributed by atoms with Crippen LogP contribution in [0, 0.1) is 0 Å². The number of esters is 1. The molecule has 5 nitrogen and oxygen atoms in total. The Hall–Kier alpha value is -1.10. The van der Waals surface area contributed by atoms with Gasteiger partial charge in [0.25, 0.3) is 0 Å². The molecule has 1 unspecified atom stereocenters. The Balaban J connectivity index is 3.54. The van der Waals surface area contributed by atoms with Crippen LogP contribution in [-0.4, -0.2) is 29.7 Å². The van der Waals surface area contributed by atoms with Crippen LogP contribution >= 0.6 is 0 Å². The Labute approximate surface area is 70.5 Å². The molecule has 0 bridgehead atoms. The summed E-state index contributed by atoms with van der Waals surface area (Å²) in [7, 11) is 0. The van der Waals surface area contributed by atoms with Gasteiger partial charge in [0.1, 0.15) is 0 Å². The first-order valence-electron chi connectivity index (χ1n) is 3.79. The van der Waals surface area contributed by atoms with Gasteiger partial charge in [0.05, 0.1) is 13.0 Å². The number of hydrogen-bond acceptors (Lipinski definition) is 3. The predicted octanol–water partition coefficient (Wildman–Crippen LogP) is -0.975. The van der Waals surface area contributed by atoms with Crippen molar-refractivity contribution >= 4 is 11.9 Å². The van der Waals surface area contributed by atoms with Crippen molar-refractivity contribution in [3.8, 4) is 0 Å². The molecule has 0 aromatic heterocycles. The molecule has 1 atom stereocenters. The third-order valence-corrected chi connectivity index (χ3v) is 1.35. The van der Waals surface area contributed by atoms with Gasteiger partial charge in [0.15, 0.2) is 6.04 Å². The quantitative estimate of drug-likeness (QED) is 0.527. The second-order valence-electron chi connectivity index (χ2n) is 2.38. The summed E-state index contributed by atoms with van der Waals surface area (Å²) in [6, 6.07) is -0.727. The maximum atomic E-state index is 10.7. The van der Waals surface area contributed by atoms with Crippen LogP contribution in [0.25, 0.3) is 0 Å². The topological polar surface area (TPSA) is 91.2 Å². The molecule has 0 aliphatic carbocycles. The van der Waals surface area contributed by atoms with Crippen molar-refractivity contribution in [2.24, 2.45) is 0 Å². The van der Waals surface area contributed by atoms with Crippen molar-refractivity contribution in [2.45, 2.75) is 25.8 Å². The number of carboxylic acid groups (broad SMARTS) is 1. The van der Waals surface area contributed by atoms with Gasteiger partial charge in [0.2, 0.25) is 0 Å². The van der Waals surface area contributed by atoms with E-state index in [0.717, 1.165) is 0 Å². The fourth-order valence-electron chi connectivity index (χ4n) is 0.649. The fourth-order valence-corrected chi connectivity index (χ4v) is 0.649. The molecule has 0 heterocycles. The normalized spacial score (nSPS) is 12.2.